The molecule has 64 valence electrons. The molecule has 2 heterocycles. The van der Waals surface area contributed by atoms with Crippen molar-refractivity contribution >= 4 is 17.6 Å². The molecule has 1 fully saturated rings. The van der Waals surface area contributed by atoms with Crippen LogP contribution >= 0.6 is 11.5 Å². The van der Waals surface area contributed by atoms with E-state index in [2.05, 4.69) is 15.8 Å². The third-order valence-electron chi connectivity index (χ3n) is 1.77. The van der Waals surface area contributed by atoms with E-state index in [1.807, 2.05) is 6.07 Å². The molecule has 0 bridgehead atoms. The van der Waals surface area contributed by atoms with Gasteiger partial charge in [0.2, 0.25) is 5.88 Å². The quantitative estimate of drug-likeness (QED) is 0.744. The highest BCUT2D eigenvalue weighted by atomic mass is 32.1. The Bertz CT molecular complexity index is 300. The largest absolute Gasteiger partial charge is 0.480 e. The van der Waals surface area contributed by atoms with Gasteiger partial charge in [-0.15, -0.1) is 0 Å². The second-order valence-electron chi connectivity index (χ2n) is 2.68. The van der Waals surface area contributed by atoms with Crippen molar-refractivity contribution in [2.75, 3.05) is 20.2 Å². The fraction of sp³-hybridized carbons (Fsp3) is 0.375. The fourth-order valence-corrected chi connectivity index (χ4v) is 1.70. The van der Waals surface area contributed by atoms with Crippen molar-refractivity contribution in [1.82, 2.24) is 9.69 Å². The Balaban J connectivity index is 2.12. The fourth-order valence-electron chi connectivity index (χ4n) is 1.01. The normalized spacial score (nSPS) is 15.6. The third-order valence-corrected chi connectivity index (χ3v) is 2.48. The summed E-state index contributed by atoms with van der Waals surface area (Å²) in [5, 5.41) is 3.19. The van der Waals surface area contributed by atoms with E-state index >= 15 is 0 Å². The molecule has 0 unspecified atom stereocenters. The molecule has 0 aliphatic carbocycles. The first kappa shape index (κ1) is 7.76. The molecule has 1 aromatic rings. The number of methoxy groups -OCH3 is 1. The summed E-state index contributed by atoms with van der Waals surface area (Å²) in [6.45, 7) is 2.03. The van der Waals surface area contributed by atoms with Crippen LogP contribution in [0.4, 0.5) is 0 Å². The van der Waals surface area contributed by atoms with Crippen LogP contribution in [0.15, 0.2) is 11.6 Å². The minimum Gasteiger partial charge on any atom is -0.480 e. The van der Waals surface area contributed by atoms with Gasteiger partial charge < -0.3 is 10.1 Å². The van der Waals surface area contributed by atoms with Crippen LogP contribution in [0.1, 0.15) is 4.88 Å². The van der Waals surface area contributed by atoms with Crippen LogP contribution in [-0.4, -0.2) is 24.6 Å². The number of nitrogens with one attached hydrogen (secondary N) is 1. The van der Waals surface area contributed by atoms with Crippen molar-refractivity contribution in [2.24, 2.45) is 0 Å². The SMILES string of the molecule is COc1cc(C=C2CNC2)sn1. The van der Waals surface area contributed by atoms with E-state index in [4.69, 9.17) is 4.74 Å². The summed E-state index contributed by atoms with van der Waals surface area (Å²) in [5.74, 6) is 0.708. The second-order valence-corrected chi connectivity index (χ2v) is 3.51. The van der Waals surface area contributed by atoms with Crippen LogP contribution in [-0.2, 0) is 0 Å². The minimum atomic E-state index is 0.708. The molecule has 0 radical (unpaired) electrons. The monoisotopic (exact) mass is 182 g/mol. The summed E-state index contributed by atoms with van der Waals surface area (Å²) in [7, 11) is 1.64. The summed E-state index contributed by atoms with van der Waals surface area (Å²) in [5.41, 5.74) is 1.43. The molecule has 1 aliphatic heterocycles. The molecule has 0 saturated carbocycles. The Morgan fingerprint density at radius 2 is 2.50 bits per heavy atom. The van der Waals surface area contributed by atoms with E-state index in [-0.39, 0.29) is 0 Å². The molecule has 0 atom stereocenters. The van der Waals surface area contributed by atoms with Crippen molar-refractivity contribution in [3.8, 4) is 5.88 Å². The molecule has 1 N–H and O–H groups in total. The molecule has 0 amide bonds. The Kier molecular flexibility index (Phi) is 2.10. The first-order valence-corrected chi connectivity index (χ1v) is 4.56. The van der Waals surface area contributed by atoms with Crippen molar-refractivity contribution in [3.05, 3.63) is 16.5 Å². The number of ether oxygens (including phenoxy) is 1. The summed E-state index contributed by atoms with van der Waals surface area (Å²) in [4.78, 5) is 1.17. The highest BCUT2D eigenvalue weighted by molar-refractivity contribution is 7.06. The van der Waals surface area contributed by atoms with Crippen LogP contribution in [0.2, 0.25) is 0 Å². The molecule has 1 aromatic heterocycles. The molecule has 0 spiro atoms. The lowest BCUT2D eigenvalue weighted by molar-refractivity contribution is 0.402. The van der Waals surface area contributed by atoms with Gasteiger partial charge in [0.15, 0.2) is 0 Å². The number of hydrogen-bond donors (Lipinski definition) is 1. The van der Waals surface area contributed by atoms with Gasteiger partial charge in [-0.3, -0.25) is 0 Å². The van der Waals surface area contributed by atoms with Gasteiger partial charge in [0, 0.05) is 19.2 Å². The minimum absolute atomic E-state index is 0.708. The van der Waals surface area contributed by atoms with Crippen LogP contribution in [0.3, 0.4) is 0 Å². The average Bonchev–Trinajstić information content (AvgIpc) is 2.44. The van der Waals surface area contributed by atoms with E-state index < -0.39 is 0 Å². The standard InChI is InChI=1S/C8H10N2OS/c1-11-8-3-7(12-10-8)2-6-4-9-5-6/h2-3,9H,4-5H2,1H3. The van der Waals surface area contributed by atoms with Gasteiger partial charge >= 0.3 is 0 Å². The topological polar surface area (TPSA) is 34.1 Å². The summed E-state index contributed by atoms with van der Waals surface area (Å²) in [6, 6.07) is 1.95. The number of hydrogen-bond acceptors (Lipinski definition) is 4. The van der Waals surface area contributed by atoms with Crippen LogP contribution in [0.5, 0.6) is 5.88 Å². The summed E-state index contributed by atoms with van der Waals surface area (Å²) >= 11 is 1.47. The first-order valence-electron chi connectivity index (χ1n) is 3.79. The second kappa shape index (κ2) is 3.25. The Hall–Kier alpha value is -0.870. The van der Waals surface area contributed by atoms with Crippen LogP contribution in [0.25, 0.3) is 6.08 Å². The van der Waals surface area contributed by atoms with Gasteiger partial charge in [-0.1, -0.05) is 0 Å². The molecule has 2 rings (SSSR count). The molecule has 0 aromatic carbocycles. The Morgan fingerprint density at radius 3 is 3.00 bits per heavy atom. The van der Waals surface area contributed by atoms with Crippen molar-refractivity contribution in [3.63, 3.8) is 0 Å². The zero-order valence-corrected chi connectivity index (χ0v) is 7.65. The maximum absolute atomic E-state index is 4.98. The zero-order valence-electron chi connectivity index (χ0n) is 6.83. The molecule has 1 aliphatic rings. The number of nitrogens with zero attached hydrogens (tertiary/aromatic N) is 1. The van der Waals surface area contributed by atoms with Gasteiger partial charge in [0.25, 0.3) is 0 Å². The van der Waals surface area contributed by atoms with E-state index in [1.165, 1.54) is 22.0 Å². The van der Waals surface area contributed by atoms with Gasteiger partial charge in [0.1, 0.15) is 0 Å². The van der Waals surface area contributed by atoms with E-state index in [0.717, 1.165) is 13.1 Å². The Labute approximate surface area is 75.2 Å². The molecule has 3 nitrogen and oxygen atoms in total. The summed E-state index contributed by atoms with van der Waals surface area (Å²) in [6.07, 6.45) is 2.16. The molecular weight excluding hydrogens is 172 g/mol. The first-order chi connectivity index (χ1) is 5.88. The van der Waals surface area contributed by atoms with E-state index in [9.17, 15) is 0 Å². The maximum atomic E-state index is 4.98. The predicted octanol–water partition coefficient (Wildman–Crippen LogP) is 1.14. The number of aromatic nitrogens is 1. The van der Waals surface area contributed by atoms with Gasteiger partial charge in [-0.05, 0) is 23.2 Å². The average molecular weight is 182 g/mol. The lowest BCUT2D eigenvalue weighted by atomic mass is 10.1. The van der Waals surface area contributed by atoms with Crippen molar-refractivity contribution < 1.29 is 4.74 Å². The van der Waals surface area contributed by atoms with Crippen molar-refractivity contribution in [1.29, 1.82) is 0 Å². The molecule has 4 heteroatoms. The number of rotatable bonds is 2. The highest BCUT2D eigenvalue weighted by Gasteiger charge is 2.07. The Morgan fingerprint density at radius 1 is 1.67 bits per heavy atom. The lowest BCUT2D eigenvalue weighted by Gasteiger charge is -2.17. The third kappa shape index (κ3) is 1.49. The van der Waals surface area contributed by atoms with Gasteiger partial charge in [-0.2, -0.15) is 4.37 Å². The lowest BCUT2D eigenvalue weighted by Crippen LogP contribution is -2.33. The highest BCUT2D eigenvalue weighted by Crippen LogP contribution is 2.19. The smallest absolute Gasteiger partial charge is 0.225 e. The van der Waals surface area contributed by atoms with Gasteiger partial charge in [0.05, 0.1) is 12.0 Å². The predicted molar refractivity (Wildman–Crippen MR) is 49.5 cm³/mol. The van der Waals surface area contributed by atoms with E-state index in [1.54, 1.807) is 7.11 Å². The molecular formula is C8H10N2OS. The molecule has 1 saturated heterocycles. The van der Waals surface area contributed by atoms with Gasteiger partial charge in [-0.25, -0.2) is 0 Å². The van der Waals surface area contributed by atoms with Crippen LogP contribution < -0.4 is 10.1 Å². The zero-order chi connectivity index (χ0) is 8.39. The summed E-state index contributed by atoms with van der Waals surface area (Å²) < 4.78 is 9.08. The molecule has 12 heavy (non-hydrogen) atoms. The van der Waals surface area contributed by atoms with Crippen molar-refractivity contribution in [2.45, 2.75) is 0 Å². The van der Waals surface area contributed by atoms with E-state index in [0.29, 0.717) is 5.88 Å². The maximum Gasteiger partial charge on any atom is 0.225 e. The van der Waals surface area contributed by atoms with Crippen LogP contribution in [0, 0.1) is 0 Å².